The summed E-state index contributed by atoms with van der Waals surface area (Å²) in [5.74, 6) is 0.326. The van der Waals surface area contributed by atoms with E-state index in [0.717, 1.165) is 11.1 Å². The minimum absolute atomic E-state index is 0.279. The fourth-order valence-electron chi connectivity index (χ4n) is 1.80. The zero-order valence-electron chi connectivity index (χ0n) is 12.6. The van der Waals surface area contributed by atoms with Gasteiger partial charge in [-0.3, -0.25) is 0 Å². The molecule has 2 rings (SSSR count). The van der Waals surface area contributed by atoms with Gasteiger partial charge in [-0.15, -0.1) is 0 Å². The number of halogens is 1. The molecule has 0 amide bonds. The summed E-state index contributed by atoms with van der Waals surface area (Å²) in [7, 11) is 5.85. The SMILES string of the molecule is B#P(I)c1ccc(OCC(C)OC(=O)c2ccc(N)cc2)cc1. The van der Waals surface area contributed by atoms with Crippen LogP contribution in [-0.2, 0) is 4.74 Å². The van der Waals surface area contributed by atoms with E-state index in [4.69, 9.17) is 22.2 Å². The zero-order chi connectivity index (χ0) is 16.8. The Hall–Kier alpha value is -1.40. The summed E-state index contributed by atoms with van der Waals surface area (Å²) >= 11 is 2.21. The van der Waals surface area contributed by atoms with Crippen molar-refractivity contribution in [2.24, 2.45) is 0 Å². The van der Waals surface area contributed by atoms with Crippen LogP contribution >= 0.6 is 26.9 Å². The Kier molecular flexibility index (Phi) is 6.60. The van der Waals surface area contributed by atoms with E-state index in [2.05, 4.69) is 22.0 Å². The Morgan fingerprint density at radius 2 is 1.83 bits per heavy atom. The molecule has 0 aliphatic heterocycles. The molecule has 2 N–H and O–H groups in total. The van der Waals surface area contributed by atoms with Crippen LogP contribution in [0.5, 0.6) is 5.75 Å². The number of hydrogen-bond acceptors (Lipinski definition) is 4. The normalized spacial score (nSPS) is 12.4. The van der Waals surface area contributed by atoms with Gasteiger partial charge in [0.1, 0.15) is 0 Å². The van der Waals surface area contributed by atoms with Gasteiger partial charge in [0.25, 0.3) is 0 Å². The minimum atomic E-state index is -0.633. The number of ether oxygens (including phenoxy) is 2. The number of carbonyl (C=O) groups excluding carboxylic acids is 1. The van der Waals surface area contributed by atoms with Gasteiger partial charge < -0.3 is 5.73 Å². The predicted molar refractivity (Wildman–Crippen MR) is 104 cm³/mol. The first-order valence-corrected chi connectivity index (χ1v) is 11.2. The second-order valence-electron chi connectivity index (χ2n) is 4.95. The average molecular weight is 439 g/mol. The molecule has 118 valence electrons. The van der Waals surface area contributed by atoms with Crippen LogP contribution in [0, 0.1) is 0 Å². The number of carbonyl (C=O) groups is 1. The third kappa shape index (κ3) is 5.63. The summed E-state index contributed by atoms with van der Waals surface area (Å²) in [6, 6.07) is 14.2. The topological polar surface area (TPSA) is 61.5 Å². The molecular weight excluding hydrogens is 423 g/mol. The van der Waals surface area contributed by atoms with Crippen LogP contribution < -0.4 is 15.8 Å². The summed E-state index contributed by atoms with van der Waals surface area (Å²) in [5, 5.41) is 1.09. The molecule has 0 fully saturated rings. The monoisotopic (exact) mass is 439 g/mol. The molecule has 2 aromatic carbocycles. The van der Waals surface area contributed by atoms with Gasteiger partial charge in [-0.1, -0.05) is 0 Å². The fourth-order valence-corrected chi connectivity index (χ4v) is 3.20. The van der Waals surface area contributed by atoms with Gasteiger partial charge in [-0.05, 0) is 12.1 Å². The van der Waals surface area contributed by atoms with Gasteiger partial charge in [-0.2, -0.15) is 0 Å². The van der Waals surface area contributed by atoms with Gasteiger partial charge in [0, 0.05) is 5.69 Å². The molecular formula is C16H16BINO3P. The van der Waals surface area contributed by atoms with Crippen molar-refractivity contribution in [3.8, 4) is 5.75 Å². The van der Waals surface area contributed by atoms with Crippen LogP contribution in [0.4, 0.5) is 5.69 Å². The predicted octanol–water partition coefficient (Wildman–Crippen LogP) is 3.43. The standard InChI is InChI=1S/C16H16BINO3P/c1-11(22-16(20)12-2-4-13(19)5-3-12)10-21-14-6-8-15(9-7-14)23(17)18/h2-9,11H,10,19H2,1H3. The van der Waals surface area contributed by atoms with Crippen LogP contribution in [0.1, 0.15) is 17.3 Å². The Morgan fingerprint density at radius 1 is 1.22 bits per heavy atom. The number of esters is 1. The first-order chi connectivity index (χ1) is 11.0. The summed E-state index contributed by atoms with van der Waals surface area (Å²) < 4.78 is 11.0. The molecule has 7 heteroatoms. The zero-order valence-corrected chi connectivity index (χ0v) is 15.7. The van der Waals surface area contributed by atoms with E-state index in [0.29, 0.717) is 11.3 Å². The molecule has 0 heterocycles. The van der Waals surface area contributed by atoms with Crippen LogP contribution in [0.3, 0.4) is 0 Å². The molecule has 2 unspecified atom stereocenters. The second kappa shape index (κ2) is 8.46. The number of nitrogen functional groups attached to an aromatic ring is 1. The molecule has 0 radical (unpaired) electrons. The molecule has 0 spiro atoms. The Labute approximate surface area is 150 Å². The maximum atomic E-state index is 12.0. The Bertz CT molecular complexity index is 741. The number of nitrogens with two attached hydrogens (primary N) is 1. The molecule has 2 aromatic rings. The molecule has 0 aliphatic rings. The molecule has 4 nitrogen and oxygen atoms in total. The van der Waals surface area contributed by atoms with Gasteiger partial charge in [0.05, 0.1) is 0 Å². The van der Waals surface area contributed by atoms with Crippen molar-refractivity contribution in [2.75, 3.05) is 12.3 Å². The van der Waals surface area contributed by atoms with Crippen LogP contribution in [0.25, 0.3) is 0 Å². The van der Waals surface area contributed by atoms with E-state index in [-0.39, 0.29) is 12.7 Å². The van der Waals surface area contributed by atoms with Crippen molar-refractivity contribution in [1.29, 1.82) is 0 Å². The molecule has 0 aromatic heterocycles. The van der Waals surface area contributed by atoms with Crippen molar-refractivity contribution < 1.29 is 14.3 Å². The summed E-state index contributed by atoms with van der Waals surface area (Å²) in [6.07, 6.45) is -0.365. The molecule has 2 atom stereocenters. The second-order valence-corrected chi connectivity index (χ2v) is 9.21. The van der Waals surface area contributed by atoms with Gasteiger partial charge in [0.15, 0.2) is 0 Å². The van der Waals surface area contributed by atoms with Crippen molar-refractivity contribution in [3.05, 3.63) is 54.1 Å². The quantitative estimate of drug-likeness (QED) is 0.255. The van der Waals surface area contributed by atoms with E-state index in [9.17, 15) is 4.79 Å². The number of rotatable bonds is 5. The third-order valence-corrected chi connectivity index (χ3v) is 5.49. The maximum absolute atomic E-state index is 12.0. The van der Waals surface area contributed by atoms with Crippen molar-refractivity contribution in [2.45, 2.75) is 13.0 Å². The molecule has 0 saturated carbocycles. The number of hydrogen-bond donors (Lipinski definition) is 1. The first kappa shape index (κ1) is 18.0. The average Bonchev–Trinajstić information content (AvgIpc) is 2.54. The van der Waals surface area contributed by atoms with Gasteiger partial charge in [-0.25, -0.2) is 0 Å². The first-order valence-electron chi connectivity index (χ1n) is 6.95. The van der Waals surface area contributed by atoms with Crippen LogP contribution in [0.15, 0.2) is 48.5 Å². The number of benzene rings is 2. The fraction of sp³-hybridized carbons (Fsp3) is 0.188. The Balaban J connectivity index is 1.85. The number of anilines is 1. The molecule has 23 heavy (non-hydrogen) atoms. The van der Waals surface area contributed by atoms with E-state index < -0.39 is 10.8 Å². The van der Waals surface area contributed by atoms with Crippen LogP contribution in [-0.4, -0.2) is 25.7 Å². The summed E-state index contributed by atoms with van der Waals surface area (Å²) in [4.78, 5) is 11.3. The third-order valence-electron chi connectivity index (χ3n) is 3.02. The Morgan fingerprint density at radius 3 is 2.39 bits per heavy atom. The molecule has 0 bridgehead atoms. The van der Waals surface area contributed by atoms with Crippen molar-refractivity contribution >= 4 is 50.9 Å². The van der Waals surface area contributed by atoms with E-state index in [1.807, 2.05) is 24.3 Å². The molecule has 0 aliphatic carbocycles. The van der Waals surface area contributed by atoms with Gasteiger partial charge >= 0.3 is 127 Å². The van der Waals surface area contributed by atoms with E-state index >= 15 is 0 Å². The van der Waals surface area contributed by atoms with Crippen LogP contribution in [0.2, 0.25) is 0 Å². The molecule has 0 saturated heterocycles. The van der Waals surface area contributed by atoms with E-state index in [1.54, 1.807) is 31.2 Å². The summed E-state index contributed by atoms with van der Waals surface area (Å²) in [6.45, 7) is 2.06. The van der Waals surface area contributed by atoms with Crippen molar-refractivity contribution in [3.63, 3.8) is 0 Å². The summed E-state index contributed by atoms with van der Waals surface area (Å²) in [5.41, 5.74) is 6.66. The van der Waals surface area contributed by atoms with E-state index in [1.165, 1.54) is 0 Å². The van der Waals surface area contributed by atoms with Gasteiger partial charge in [0.2, 0.25) is 0 Å². The van der Waals surface area contributed by atoms with Crippen molar-refractivity contribution in [1.82, 2.24) is 0 Å².